The maximum atomic E-state index is 12.7. The molecule has 3 amide bonds. The molecule has 0 bridgehead atoms. The Hall–Kier alpha value is -1.63. The lowest BCUT2D eigenvalue weighted by Crippen LogP contribution is -2.53. The third-order valence-corrected chi connectivity index (χ3v) is 5.17. The Bertz CT molecular complexity index is 523. The second-order valence-electron chi connectivity index (χ2n) is 8.63. The van der Waals surface area contributed by atoms with Crippen LogP contribution in [0, 0.1) is 11.3 Å². The Morgan fingerprint density at radius 1 is 1.19 bits per heavy atom. The maximum absolute atomic E-state index is 12.7. The van der Waals surface area contributed by atoms with E-state index in [4.69, 9.17) is 0 Å². The monoisotopic (exact) mass is 366 g/mol. The van der Waals surface area contributed by atoms with E-state index in [1.807, 2.05) is 25.7 Å². The smallest absolute Gasteiger partial charge is 0.244 e. The van der Waals surface area contributed by atoms with E-state index in [1.165, 1.54) is 0 Å². The molecule has 2 aliphatic heterocycles. The zero-order chi connectivity index (χ0) is 19.3. The molecular weight excluding hydrogens is 332 g/mol. The van der Waals surface area contributed by atoms with Crippen LogP contribution >= 0.6 is 0 Å². The minimum absolute atomic E-state index is 0.0453. The highest BCUT2D eigenvalue weighted by Crippen LogP contribution is 2.18. The van der Waals surface area contributed by atoms with Crippen LogP contribution in [-0.4, -0.2) is 60.9 Å². The molecule has 0 aromatic rings. The Kier molecular flexibility index (Phi) is 7.03. The number of rotatable bonds is 5. The van der Waals surface area contributed by atoms with Crippen molar-refractivity contribution in [2.75, 3.05) is 26.2 Å². The Morgan fingerprint density at radius 3 is 2.54 bits per heavy atom. The fraction of sp³-hybridized carbons (Fsp3) is 0.842. The summed E-state index contributed by atoms with van der Waals surface area (Å²) in [5.74, 6) is 0.166. The SMILES string of the molecule is CC(NC(=O)C(C)(C)C)C(=O)N1CCCC(CNC(=O)C2CCCN2)C1. The van der Waals surface area contributed by atoms with Gasteiger partial charge in [0.05, 0.1) is 6.04 Å². The number of hydrogen-bond donors (Lipinski definition) is 3. The molecular formula is C19H34N4O3. The minimum atomic E-state index is -0.530. The average Bonchev–Trinajstić information content (AvgIpc) is 3.13. The average molecular weight is 367 g/mol. The molecule has 2 aliphatic rings. The molecule has 3 atom stereocenters. The van der Waals surface area contributed by atoms with Gasteiger partial charge in [-0.1, -0.05) is 20.8 Å². The number of nitrogens with one attached hydrogen (secondary N) is 3. The summed E-state index contributed by atoms with van der Waals surface area (Å²) in [4.78, 5) is 38.7. The summed E-state index contributed by atoms with van der Waals surface area (Å²) < 4.78 is 0. The van der Waals surface area contributed by atoms with Crippen LogP contribution in [0.4, 0.5) is 0 Å². The third-order valence-electron chi connectivity index (χ3n) is 5.17. The minimum Gasteiger partial charge on any atom is -0.354 e. The first-order valence-corrected chi connectivity index (χ1v) is 9.79. The summed E-state index contributed by atoms with van der Waals surface area (Å²) >= 11 is 0. The van der Waals surface area contributed by atoms with Crippen molar-refractivity contribution in [2.45, 2.75) is 65.5 Å². The Morgan fingerprint density at radius 2 is 1.92 bits per heavy atom. The molecule has 26 heavy (non-hydrogen) atoms. The number of nitrogens with zero attached hydrogens (tertiary/aromatic N) is 1. The van der Waals surface area contributed by atoms with Crippen LogP contribution in [-0.2, 0) is 14.4 Å². The van der Waals surface area contributed by atoms with Crippen molar-refractivity contribution < 1.29 is 14.4 Å². The van der Waals surface area contributed by atoms with Crippen LogP contribution in [0.3, 0.4) is 0 Å². The molecule has 0 spiro atoms. The van der Waals surface area contributed by atoms with Crippen LogP contribution in [0.15, 0.2) is 0 Å². The molecule has 3 unspecified atom stereocenters. The number of carbonyl (C=O) groups is 3. The quantitative estimate of drug-likeness (QED) is 0.666. The summed E-state index contributed by atoms with van der Waals surface area (Å²) in [6.07, 6.45) is 3.87. The van der Waals surface area contributed by atoms with Gasteiger partial charge in [0.25, 0.3) is 0 Å². The van der Waals surface area contributed by atoms with E-state index in [2.05, 4.69) is 16.0 Å². The number of carbonyl (C=O) groups excluding carboxylic acids is 3. The van der Waals surface area contributed by atoms with E-state index in [9.17, 15) is 14.4 Å². The summed E-state index contributed by atoms with van der Waals surface area (Å²) in [7, 11) is 0. The lowest BCUT2D eigenvalue weighted by Gasteiger charge is -2.35. The molecule has 7 heteroatoms. The second kappa shape index (κ2) is 8.84. The van der Waals surface area contributed by atoms with Gasteiger partial charge >= 0.3 is 0 Å². The van der Waals surface area contributed by atoms with Gasteiger partial charge in [-0.3, -0.25) is 14.4 Å². The molecule has 0 aliphatic carbocycles. The fourth-order valence-electron chi connectivity index (χ4n) is 3.46. The van der Waals surface area contributed by atoms with Gasteiger partial charge in [-0.05, 0) is 45.1 Å². The van der Waals surface area contributed by atoms with Gasteiger partial charge in [0, 0.05) is 25.0 Å². The second-order valence-corrected chi connectivity index (χ2v) is 8.63. The van der Waals surface area contributed by atoms with Gasteiger partial charge < -0.3 is 20.9 Å². The van der Waals surface area contributed by atoms with Crippen LogP contribution in [0.1, 0.15) is 53.4 Å². The molecule has 2 heterocycles. The standard InChI is InChI=1S/C19H34N4O3/c1-13(22-18(26)19(2,3)4)17(25)23-10-6-7-14(12-23)11-21-16(24)15-8-5-9-20-15/h13-15,20H,5-12H2,1-4H3,(H,21,24)(H,22,26). The van der Waals surface area contributed by atoms with Gasteiger partial charge in [-0.15, -0.1) is 0 Å². The first-order chi connectivity index (χ1) is 12.2. The van der Waals surface area contributed by atoms with E-state index in [0.717, 1.165) is 32.2 Å². The third kappa shape index (κ3) is 5.69. The first kappa shape index (κ1) is 20.7. The largest absolute Gasteiger partial charge is 0.354 e. The summed E-state index contributed by atoms with van der Waals surface area (Å²) in [6, 6.07) is -0.596. The van der Waals surface area contributed by atoms with Gasteiger partial charge in [-0.25, -0.2) is 0 Å². The molecule has 3 N–H and O–H groups in total. The first-order valence-electron chi connectivity index (χ1n) is 9.79. The molecule has 7 nitrogen and oxygen atoms in total. The zero-order valence-electron chi connectivity index (χ0n) is 16.6. The van der Waals surface area contributed by atoms with Crippen molar-refractivity contribution in [3.63, 3.8) is 0 Å². The molecule has 0 radical (unpaired) electrons. The van der Waals surface area contributed by atoms with Crippen molar-refractivity contribution >= 4 is 17.7 Å². The van der Waals surface area contributed by atoms with E-state index in [-0.39, 0.29) is 29.7 Å². The van der Waals surface area contributed by atoms with Crippen molar-refractivity contribution in [2.24, 2.45) is 11.3 Å². The molecule has 148 valence electrons. The zero-order valence-corrected chi connectivity index (χ0v) is 16.6. The van der Waals surface area contributed by atoms with E-state index in [1.54, 1.807) is 6.92 Å². The lowest BCUT2D eigenvalue weighted by molar-refractivity contribution is -0.139. The van der Waals surface area contributed by atoms with Gasteiger partial charge in [-0.2, -0.15) is 0 Å². The van der Waals surface area contributed by atoms with Gasteiger partial charge in [0.2, 0.25) is 17.7 Å². The van der Waals surface area contributed by atoms with E-state index in [0.29, 0.717) is 19.6 Å². The van der Waals surface area contributed by atoms with Crippen LogP contribution in [0.25, 0.3) is 0 Å². The molecule has 2 rings (SSSR count). The summed E-state index contributed by atoms with van der Waals surface area (Å²) in [5.41, 5.74) is -0.516. The van der Waals surface area contributed by atoms with Gasteiger partial charge in [0.15, 0.2) is 0 Å². The molecule has 2 fully saturated rings. The Balaban J connectivity index is 1.80. The maximum Gasteiger partial charge on any atom is 0.244 e. The van der Waals surface area contributed by atoms with Crippen molar-refractivity contribution in [1.82, 2.24) is 20.9 Å². The topological polar surface area (TPSA) is 90.5 Å². The summed E-state index contributed by atoms with van der Waals surface area (Å²) in [6.45, 7) is 10.1. The highest BCUT2D eigenvalue weighted by atomic mass is 16.2. The lowest BCUT2D eigenvalue weighted by atomic mass is 9.95. The van der Waals surface area contributed by atoms with Crippen molar-refractivity contribution in [3.8, 4) is 0 Å². The normalized spacial score (nSPS) is 24.8. The molecule has 2 saturated heterocycles. The number of hydrogen-bond acceptors (Lipinski definition) is 4. The number of amides is 3. The van der Waals surface area contributed by atoms with Crippen molar-refractivity contribution in [1.29, 1.82) is 0 Å². The van der Waals surface area contributed by atoms with Crippen LogP contribution in [0.2, 0.25) is 0 Å². The summed E-state index contributed by atoms with van der Waals surface area (Å²) in [5, 5.41) is 9.04. The van der Waals surface area contributed by atoms with E-state index >= 15 is 0 Å². The molecule has 0 saturated carbocycles. The van der Waals surface area contributed by atoms with Gasteiger partial charge in [0.1, 0.15) is 6.04 Å². The highest BCUT2D eigenvalue weighted by molar-refractivity contribution is 5.89. The fourth-order valence-corrected chi connectivity index (χ4v) is 3.46. The Labute approximate surface area is 156 Å². The predicted octanol–water partition coefficient (Wildman–Crippen LogP) is 0.644. The van der Waals surface area contributed by atoms with E-state index < -0.39 is 11.5 Å². The number of piperidine rings is 1. The van der Waals surface area contributed by atoms with Crippen LogP contribution in [0.5, 0.6) is 0 Å². The highest BCUT2D eigenvalue weighted by Gasteiger charge is 2.30. The molecule has 0 aromatic heterocycles. The van der Waals surface area contributed by atoms with Crippen molar-refractivity contribution in [3.05, 3.63) is 0 Å². The molecule has 0 aromatic carbocycles. The number of likely N-dealkylation sites (tertiary alicyclic amines) is 1. The van der Waals surface area contributed by atoms with Crippen LogP contribution < -0.4 is 16.0 Å². The predicted molar refractivity (Wildman–Crippen MR) is 100 cm³/mol.